The molecule has 98 valence electrons. The van der Waals surface area contributed by atoms with Gasteiger partial charge in [-0.25, -0.2) is 5.43 Å². The third-order valence-corrected chi connectivity index (χ3v) is 2.26. The number of carbonyl (C=O) groups excluding carboxylic acids is 1. The van der Waals surface area contributed by atoms with Crippen LogP contribution in [-0.2, 0) is 0 Å². The van der Waals surface area contributed by atoms with Crippen LogP contribution in [0.4, 0.5) is 5.69 Å². The van der Waals surface area contributed by atoms with Crippen molar-refractivity contribution in [1.29, 1.82) is 0 Å². The number of hydrogen-bond acceptors (Lipinski definition) is 4. The Kier molecular flexibility index (Phi) is 5.18. The summed E-state index contributed by atoms with van der Waals surface area (Å²) in [6.45, 7) is 0. The Morgan fingerprint density at radius 3 is 2.63 bits per heavy atom. The molecule has 2 aromatic rings. The fraction of sp³-hybridized carbons (Fsp3) is 0. The van der Waals surface area contributed by atoms with Gasteiger partial charge in [-0.1, -0.05) is 18.2 Å². The predicted octanol–water partition coefficient (Wildman–Crippen LogP) is 0.603. The van der Waals surface area contributed by atoms with Gasteiger partial charge >= 0.3 is 0 Å². The molecule has 1 aromatic heterocycles. The van der Waals surface area contributed by atoms with E-state index in [0.29, 0.717) is 16.9 Å². The highest BCUT2D eigenvalue weighted by atomic mass is 16.2. The molecule has 1 aromatic carbocycles. The van der Waals surface area contributed by atoms with Crippen LogP contribution in [0.25, 0.3) is 0 Å². The normalized spacial score (nSPS) is 9.89. The Balaban J connectivity index is 0.00000180. The lowest BCUT2D eigenvalue weighted by Gasteiger charge is -2.02. The van der Waals surface area contributed by atoms with Crippen molar-refractivity contribution >= 4 is 17.8 Å². The fourth-order valence-corrected chi connectivity index (χ4v) is 1.37. The number of hydrazone groups is 1. The number of nitrogens with zero attached hydrogens (tertiary/aromatic N) is 2. The highest BCUT2D eigenvalue weighted by Crippen LogP contribution is 2.09. The quantitative estimate of drug-likeness (QED) is 0.477. The van der Waals surface area contributed by atoms with Crippen molar-refractivity contribution in [2.24, 2.45) is 5.10 Å². The molecule has 0 spiro atoms. The van der Waals surface area contributed by atoms with E-state index < -0.39 is 0 Å². The molecule has 0 unspecified atom stereocenters. The van der Waals surface area contributed by atoms with Crippen LogP contribution < -0.4 is 11.2 Å². The third-order valence-electron chi connectivity index (χ3n) is 2.26. The van der Waals surface area contributed by atoms with Gasteiger partial charge in [0.25, 0.3) is 5.91 Å². The summed E-state index contributed by atoms with van der Waals surface area (Å²) in [4.78, 5) is 15.8. The molecule has 0 saturated carbocycles. The molecular weight excluding hydrogens is 244 g/mol. The molecule has 1 amide bonds. The number of para-hydroxylation sites is 1. The molecule has 6 nitrogen and oxygen atoms in total. The number of pyridine rings is 1. The van der Waals surface area contributed by atoms with Gasteiger partial charge in [-0.3, -0.25) is 9.78 Å². The minimum absolute atomic E-state index is 0. The summed E-state index contributed by atoms with van der Waals surface area (Å²) in [5, 5.41) is 3.82. The molecule has 0 aliphatic rings. The molecule has 0 aliphatic heterocycles. The molecule has 5 N–H and O–H groups in total. The van der Waals surface area contributed by atoms with E-state index in [1.807, 2.05) is 6.07 Å². The summed E-state index contributed by atoms with van der Waals surface area (Å²) < 4.78 is 0. The lowest BCUT2D eigenvalue weighted by molar-refractivity contribution is 0.0956. The molecule has 1 heterocycles. The Labute approximate surface area is 110 Å². The molecule has 0 bridgehead atoms. The topological polar surface area (TPSA) is 112 Å². The highest BCUT2D eigenvalue weighted by molar-refractivity contribution is 5.99. The number of hydrogen-bond donors (Lipinski definition) is 2. The number of benzene rings is 1. The summed E-state index contributed by atoms with van der Waals surface area (Å²) >= 11 is 0. The number of nitrogens with two attached hydrogens (primary N) is 1. The Morgan fingerprint density at radius 1 is 1.21 bits per heavy atom. The average Bonchev–Trinajstić information content (AvgIpc) is 2.40. The van der Waals surface area contributed by atoms with Gasteiger partial charge in [0.15, 0.2) is 0 Å². The van der Waals surface area contributed by atoms with E-state index >= 15 is 0 Å². The van der Waals surface area contributed by atoms with Gasteiger partial charge in [0.05, 0.1) is 17.5 Å². The van der Waals surface area contributed by atoms with Crippen molar-refractivity contribution < 1.29 is 10.3 Å². The number of anilines is 1. The fourth-order valence-electron chi connectivity index (χ4n) is 1.37. The van der Waals surface area contributed by atoms with Crippen LogP contribution in [0.5, 0.6) is 0 Å². The van der Waals surface area contributed by atoms with Gasteiger partial charge in [-0.2, -0.15) is 5.10 Å². The average molecular weight is 258 g/mol. The summed E-state index contributed by atoms with van der Waals surface area (Å²) in [6, 6.07) is 12.2. The maximum atomic E-state index is 11.7. The molecule has 0 atom stereocenters. The van der Waals surface area contributed by atoms with E-state index in [4.69, 9.17) is 5.73 Å². The predicted molar refractivity (Wildman–Crippen MR) is 73.8 cm³/mol. The van der Waals surface area contributed by atoms with Gasteiger partial charge in [0, 0.05) is 11.9 Å². The first kappa shape index (κ1) is 14.3. The maximum absolute atomic E-state index is 11.7. The summed E-state index contributed by atoms with van der Waals surface area (Å²) in [5.41, 5.74) is 9.56. The van der Waals surface area contributed by atoms with E-state index in [1.165, 1.54) is 6.21 Å². The lowest BCUT2D eigenvalue weighted by Crippen LogP contribution is -2.19. The number of nitrogen functional groups attached to an aromatic ring is 1. The van der Waals surface area contributed by atoms with Crippen LogP contribution in [0, 0.1) is 0 Å². The van der Waals surface area contributed by atoms with E-state index in [1.54, 1.807) is 42.6 Å². The minimum atomic E-state index is -0.347. The molecule has 0 fully saturated rings. The van der Waals surface area contributed by atoms with E-state index in [9.17, 15) is 4.79 Å². The second kappa shape index (κ2) is 6.87. The smallest absolute Gasteiger partial charge is 0.273 e. The molecule has 0 saturated heterocycles. The SMILES string of the molecule is Nc1ccccc1C(=O)N/N=C/c1ccccn1.O. The van der Waals surface area contributed by atoms with Gasteiger partial charge in [-0.15, -0.1) is 0 Å². The Hall–Kier alpha value is -2.73. The largest absolute Gasteiger partial charge is 0.412 e. The van der Waals surface area contributed by atoms with Crippen molar-refractivity contribution in [3.63, 3.8) is 0 Å². The highest BCUT2D eigenvalue weighted by Gasteiger charge is 2.06. The summed E-state index contributed by atoms with van der Waals surface area (Å²) in [7, 11) is 0. The number of amides is 1. The van der Waals surface area contributed by atoms with Gasteiger partial charge < -0.3 is 11.2 Å². The van der Waals surface area contributed by atoms with Crippen molar-refractivity contribution in [2.75, 3.05) is 5.73 Å². The minimum Gasteiger partial charge on any atom is -0.412 e. The molecule has 2 rings (SSSR count). The molecule has 6 heteroatoms. The summed E-state index contributed by atoms with van der Waals surface area (Å²) in [5.74, 6) is -0.347. The van der Waals surface area contributed by atoms with Crippen LogP contribution in [0.15, 0.2) is 53.8 Å². The number of aromatic nitrogens is 1. The standard InChI is InChI=1S/C13H12N4O.H2O/c14-12-7-2-1-6-11(12)13(18)17-16-9-10-5-3-4-8-15-10;/h1-9H,14H2,(H,17,18);1H2/b16-9+;. The molecular formula is C13H14N4O2. The summed E-state index contributed by atoms with van der Waals surface area (Å²) in [6.07, 6.45) is 3.12. The van der Waals surface area contributed by atoms with Crippen LogP contribution >= 0.6 is 0 Å². The van der Waals surface area contributed by atoms with Crippen LogP contribution in [0.2, 0.25) is 0 Å². The lowest BCUT2D eigenvalue weighted by atomic mass is 10.2. The van der Waals surface area contributed by atoms with Crippen molar-refractivity contribution in [3.8, 4) is 0 Å². The number of rotatable bonds is 3. The number of nitrogens with one attached hydrogen (secondary N) is 1. The van der Waals surface area contributed by atoms with Gasteiger partial charge in [-0.05, 0) is 24.3 Å². The first-order chi connectivity index (χ1) is 8.77. The van der Waals surface area contributed by atoms with Gasteiger partial charge in [0.2, 0.25) is 0 Å². The zero-order valence-corrected chi connectivity index (χ0v) is 10.1. The van der Waals surface area contributed by atoms with E-state index in [0.717, 1.165) is 0 Å². The van der Waals surface area contributed by atoms with Crippen molar-refractivity contribution in [2.45, 2.75) is 0 Å². The monoisotopic (exact) mass is 258 g/mol. The zero-order chi connectivity index (χ0) is 12.8. The third kappa shape index (κ3) is 3.90. The van der Waals surface area contributed by atoms with E-state index in [-0.39, 0.29) is 11.4 Å². The Morgan fingerprint density at radius 2 is 1.95 bits per heavy atom. The van der Waals surface area contributed by atoms with Crippen molar-refractivity contribution in [1.82, 2.24) is 10.4 Å². The molecule has 0 aliphatic carbocycles. The molecule has 0 radical (unpaired) electrons. The van der Waals surface area contributed by atoms with E-state index in [2.05, 4.69) is 15.5 Å². The van der Waals surface area contributed by atoms with Crippen molar-refractivity contribution in [3.05, 3.63) is 59.9 Å². The number of carbonyl (C=O) groups is 1. The van der Waals surface area contributed by atoms with Crippen LogP contribution in [0.3, 0.4) is 0 Å². The maximum Gasteiger partial charge on any atom is 0.273 e. The first-order valence-corrected chi connectivity index (χ1v) is 5.36. The molecule has 19 heavy (non-hydrogen) atoms. The van der Waals surface area contributed by atoms with Gasteiger partial charge in [0.1, 0.15) is 0 Å². The second-order valence-corrected chi connectivity index (χ2v) is 3.54. The Bertz CT molecular complexity index is 570. The first-order valence-electron chi connectivity index (χ1n) is 5.36. The van der Waals surface area contributed by atoms with Crippen LogP contribution in [-0.4, -0.2) is 22.6 Å². The second-order valence-electron chi connectivity index (χ2n) is 3.54. The zero-order valence-electron chi connectivity index (χ0n) is 10.1. The van der Waals surface area contributed by atoms with Crippen LogP contribution in [0.1, 0.15) is 16.1 Å².